The molecule has 4 aromatic rings. The van der Waals surface area contributed by atoms with Gasteiger partial charge in [0.1, 0.15) is 5.58 Å². The third-order valence-electron chi connectivity index (χ3n) is 4.17. The summed E-state index contributed by atoms with van der Waals surface area (Å²) in [7, 11) is -3.35. The Morgan fingerprint density at radius 3 is 2.75 bits per heavy atom. The van der Waals surface area contributed by atoms with Crippen molar-refractivity contribution in [3.8, 4) is 12.3 Å². The van der Waals surface area contributed by atoms with Gasteiger partial charge < -0.3 is 8.98 Å². The molecule has 2 aromatic heterocycles. The van der Waals surface area contributed by atoms with Crippen LogP contribution in [0.4, 0.5) is 0 Å². The maximum Gasteiger partial charge on any atom is 0.315 e. The largest absolute Gasteiger partial charge is 0.451 e. The van der Waals surface area contributed by atoms with Crippen LogP contribution in [0.3, 0.4) is 0 Å². The van der Waals surface area contributed by atoms with E-state index in [0.29, 0.717) is 20.6 Å². The van der Waals surface area contributed by atoms with Gasteiger partial charge in [0, 0.05) is 11.6 Å². The number of fused-ring (bicyclic) bond motifs is 2. The molecule has 0 fully saturated rings. The SMILES string of the molecule is C#CCn1c(=NC(=O)c2cc3ccccc3o2)sc2cc(S(C)(=O)=O)ccc21. The minimum absolute atomic E-state index is 0.128. The van der Waals surface area contributed by atoms with Crippen LogP contribution < -0.4 is 4.80 Å². The van der Waals surface area contributed by atoms with E-state index in [1.807, 2.05) is 18.2 Å². The predicted octanol–water partition coefficient (Wildman–Crippen LogP) is 3.23. The number of carbonyl (C=O) groups is 1. The van der Waals surface area contributed by atoms with Crippen LogP contribution in [0.1, 0.15) is 10.6 Å². The fraction of sp³-hybridized carbons (Fsp3) is 0.100. The van der Waals surface area contributed by atoms with Crippen molar-refractivity contribution in [3.63, 3.8) is 0 Å². The van der Waals surface area contributed by atoms with Gasteiger partial charge in [-0.15, -0.1) is 6.42 Å². The fourth-order valence-corrected chi connectivity index (χ4v) is 4.63. The molecule has 4 rings (SSSR count). The van der Waals surface area contributed by atoms with Gasteiger partial charge in [0.05, 0.1) is 21.7 Å². The Morgan fingerprint density at radius 1 is 1.25 bits per heavy atom. The number of hydrogen-bond donors (Lipinski definition) is 0. The summed E-state index contributed by atoms with van der Waals surface area (Å²) >= 11 is 1.20. The first-order valence-corrected chi connectivity index (χ1v) is 10.9. The molecule has 140 valence electrons. The monoisotopic (exact) mass is 410 g/mol. The molecule has 8 heteroatoms. The molecular formula is C20H14N2O4S2. The van der Waals surface area contributed by atoms with E-state index >= 15 is 0 Å². The van der Waals surface area contributed by atoms with Crippen molar-refractivity contribution in [2.45, 2.75) is 11.4 Å². The predicted molar refractivity (Wildman–Crippen MR) is 108 cm³/mol. The molecule has 2 aromatic carbocycles. The van der Waals surface area contributed by atoms with E-state index in [-0.39, 0.29) is 17.2 Å². The Hall–Kier alpha value is -3.15. The van der Waals surface area contributed by atoms with Crippen LogP contribution in [0.25, 0.3) is 21.2 Å². The molecule has 0 radical (unpaired) electrons. The Morgan fingerprint density at radius 2 is 2.04 bits per heavy atom. The summed E-state index contributed by atoms with van der Waals surface area (Å²) in [6, 6.07) is 13.7. The van der Waals surface area contributed by atoms with Gasteiger partial charge >= 0.3 is 5.91 Å². The maximum atomic E-state index is 12.6. The lowest BCUT2D eigenvalue weighted by atomic mass is 10.2. The van der Waals surface area contributed by atoms with Gasteiger partial charge in [0.15, 0.2) is 20.4 Å². The van der Waals surface area contributed by atoms with Gasteiger partial charge in [-0.1, -0.05) is 35.5 Å². The number of aromatic nitrogens is 1. The van der Waals surface area contributed by atoms with Crippen LogP contribution in [-0.2, 0) is 16.4 Å². The van der Waals surface area contributed by atoms with Crippen LogP contribution in [0, 0.1) is 12.3 Å². The highest BCUT2D eigenvalue weighted by atomic mass is 32.2. The number of terminal acetylenes is 1. The molecule has 0 aliphatic heterocycles. The standard InChI is InChI=1S/C20H14N2O4S2/c1-3-10-22-15-9-8-14(28(2,24)25)12-18(15)27-20(22)21-19(23)17-11-13-6-4-5-7-16(13)26-17/h1,4-9,11-12H,10H2,2H3. The second kappa shape index (κ2) is 6.78. The number of furan rings is 1. The number of benzene rings is 2. The van der Waals surface area contributed by atoms with E-state index in [9.17, 15) is 13.2 Å². The number of carbonyl (C=O) groups excluding carboxylic acids is 1. The molecule has 1 amide bonds. The van der Waals surface area contributed by atoms with E-state index in [0.717, 1.165) is 11.6 Å². The van der Waals surface area contributed by atoms with Gasteiger partial charge in [0.2, 0.25) is 0 Å². The molecule has 0 unspecified atom stereocenters. The van der Waals surface area contributed by atoms with Crippen LogP contribution in [0.5, 0.6) is 0 Å². The van der Waals surface area contributed by atoms with Crippen LogP contribution in [0.15, 0.2) is 62.8 Å². The molecule has 0 aliphatic rings. The molecule has 28 heavy (non-hydrogen) atoms. The summed E-state index contributed by atoms with van der Waals surface area (Å²) < 4.78 is 31.6. The van der Waals surface area contributed by atoms with Gasteiger partial charge in [-0.3, -0.25) is 4.79 Å². The quantitative estimate of drug-likeness (QED) is 0.486. The second-order valence-corrected chi connectivity index (χ2v) is 9.17. The Balaban J connectivity index is 1.87. The lowest BCUT2D eigenvalue weighted by molar-refractivity contribution is 0.0973. The number of amides is 1. The highest BCUT2D eigenvalue weighted by Gasteiger charge is 2.15. The lowest BCUT2D eigenvalue weighted by Crippen LogP contribution is -2.16. The first-order chi connectivity index (χ1) is 13.4. The summed E-state index contributed by atoms with van der Waals surface area (Å²) in [6.45, 7) is 0.199. The summed E-state index contributed by atoms with van der Waals surface area (Å²) in [5.41, 5.74) is 1.32. The maximum absolute atomic E-state index is 12.6. The zero-order chi connectivity index (χ0) is 19.9. The summed E-state index contributed by atoms with van der Waals surface area (Å²) in [6.07, 6.45) is 6.61. The van der Waals surface area contributed by atoms with Gasteiger partial charge in [-0.25, -0.2) is 8.42 Å². The molecule has 0 N–H and O–H groups in total. The van der Waals surface area contributed by atoms with E-state index in [1.54, 1.807) is 28.8 Å². The van der Waals surface area contributed by atoms with Crippen LogP contribution >= 0.6 is 11.3 Å². The zero-order valence-electron chi connectivity index (χ0n) is 14.7. The van der Waals surface area contributed by atoms with Crippen molar-refractivity contribution in [1.29, 1.82) is 0 Å². The molecule has 0 saturated carbocycles. The van der Waals surface area contributed by atoms with Crippen molar-refractivity contribution in [2.24, 2.45) is 4.99 Å². The molecule has 2 heterocycles. The van der Waals surface area contributed by atoms with E-state index in [2.05, 4.69) is 10.9 Å². The second-order valence-electron chi connectivity index (χ2n) is 6.14. The fourth-order valence-electron chi connectivity index (χ4n) is 2.84. The molecule has 0 aliphatic carbocycles. The molecule has 0 spiro atoms. The minimum Gasteiger partial charge on any atom is -0.451 e. The van der Waals surface area contributed by atoms with Crippen molar-refractivity contribution in [1.82, 2.24) is 4.57 Å². The van der Waals surface area contributed by atoms with Crippen LogP contribution in [0.2, 0.25) is 0 Å². The Kier molecular flexibility index (Phi) is 4.41. The molecule has 0 saturated heterocycles. The topological polar surface area (TPSA) is 81.6 Å². The van der Waals surface area contributed by atoms with Crippen LogP contribution in [-0.4, -0.2) is 25.1 Å². The highest BCUT2D eigenvalue weighted by Crippen LogP contribution is 2.23. The average molecular weight is 410 g/mol. The number of thiazole rings is 1. The Labute approximate surface area is 164 Å². The zero-order valence-corrected chi connectivity index (χ0v) is 16.4. The van der Waals surface area contributed by atoms with E-state index in [4.69, 9.17) is 10.8 Å². The summed E-state index contributed by atoms with van der Waals surface area (Å²) in [5, 5.41) is 0.812. The molecule has 6 nitrogen and oxygen atoms in total. The van der Waals surface area contributed by atoms with Gasteiger partial charge in [0.25, 0.3) is 0 Å². The van der Waals surface area contributed by atoms with Crippen molar-refractivity contribution in [2.75, 3.05) is 6.26 Å². The summed E-state index contributed by atoms with van der Waals surface area (Å²) in [5.74, 6) is 2.14. The Bertz CT molecular complexity index is 1410. The minimum atomic E-state index is -3.35. The number of para-hydroxylation sites is 1. The molecule has 0 bridgehead atoms. The van der Waals surface area contributed by atoms with Crippen molar-refractivity contribution >= 4 is 48.3 Å². The third kappa shape index (κ3) is 3.26. The first kappa shape index (κ1) is 18.2. The smallest absolute Gasteiger partial charge is 0.315 e. The average Bonchev–Trinajstić information content (AvgIpc) is 3.23. The van der Waals surface area contributed by atoms with E-state index in [1.165, 1.54) is 17.4 Å². The summed E-state index contributed by atoms with van der Waals surface area (Å²) in [4.78, 5) is 17.4. The lowest BCUT2D eigenvalue weighted by Gasteiger charge is -2.01. The molecule has 0 atom stereocenters. The number of hydrogen-bond acceptors (Lipinski definition) is 5. The normalized spacial score (nSPS) is 12.5. The van der Waals surface area contributed by atoms with Crippen molar-refractivity contribution in [3.05, 3.63) is 59.1 Å². The van der Waals surface area contributed by atoms with Gasteiger partial charge in [-0.05, 0) is 30.3 Å². The van der Waals surface area contributed by atoms with Crippen molar-refractivity contribution < 1.29 is 17.6 Å². The number of rotatable bonds is 3. The number of nitrogens with zero attached hydrogens (tertiary/aromatic N) is 2. The number of sulfone groups is 1. The first-order valence-electron chi connectivity index (χ1n) is 8.21. The van der Waals surface area contributed by atoms with E-state index < -0.39 is 15.7 Å². The molecular weight excluding hydrogens is 396 g/mol. The third-order valence-corrected chi connectivity index (χ3v) is 6.32. The highest BCUT2D eigenvalue weighted by molar-refractivity contribution is 7.90. The van der Waals surface area contributed by atoms with Gasteiger partial charge in [-0.2, -0.15) is 4.99 Å².